The first kappa shape index (κ1) is 9.64. The van der Waals surface area contributed by atoms with Crippen LogP contribution < -0.4 is 5.32 Å². The molecule has 1 aromatic rings. The molecule has 0 spiro atoms. The van der Waals surface area contributed by atoms with Crippen molar-refractivity contribution < 1.29 is 9.59 Å². The highest BCUT2D eigenvalue weighted by Gasteiger charge is 2.33. The van der Waals surface area contributed by atoms with Gasteiger partial charge in [0.05, 0.1) is 12.6 Å². The fourth-order valence-electron chi connectivity index (χ4n) is 1.62. The molecule has 3 amide bonds. The predicted molar refractivity (Wildman–Crippen MR) is 52.9 cm³/mol. The number of pyridine rings is 1. The van der Waals surface area contributed by atoms with Gasteiger partial charge in [-0.25, -0.2) is 4.79 Å². The summed E-state index contributed by atoms with van der Waals surface area (Å²) < 4.78 is 0. The number of imide groups is 1. The van der Waals surface area contributed by atoms with Gasteiger partial charge in [0.25, 0.3) is 5.91 Å². The highest BCUT2D eigenvalue weighted by molar-refractivity contribution is 6.02. The summed E-state index contributed by atoms with van der Waals surface area (Å²) in [6, 6.07) is 3.01. The second kappa shape index (κ2) is 3.68. The molecule has 15 heavy (non-hydrogen) atoms. The van der Waals surface area contributed by atoms with E-state index in [0.29, 0.717) is 0 Å². The van der Waals surface area contributed by atoms with Crippen LogP contribution in [0.15, 0.2) is 24.5 Å². The number of amides is 3. The molecule has 0 bridgehead atoms. The molecular formula is C10H11N3O2. The molecule has 5 nitrogen and oxygen atoms in total. The van der Waals surface area contributed by atoms with Gasteiger partial charge in [-0.15, -0.1) is 0 Å². The minimum Gasteiger partial charge on any atom is -0.329 e. The van der Waals surface area contributed by atoms with Crippen LogP contribution in [-0.2, 0) is 4.79 Å². The van der Waals surface area contributed by atoms with Crippen molar-refractivity contribution in [3.8, 4) is 0 Å². The molecule has 0 aliphatic carbocycles. The van der Waals surface area contributed by atoms with Gasteiger partial charge in [0, 0.05) is 12.4 Å². The van der Waals surface area contributed by atoms with Gasteiger partial charge in [0.2, 0.25) is 0 Å². The maximum Gasteiger partial charge on any atom is 0.325 e. The van der Waals surface area contributed by atoms with Crippen molar-refractivity contribution >= 4 is 11.9 Å². The van der Waals surface area contributed by atoms with Gasteiger partial charge in [0.15, 0.2) is 0 Å². The number of hydrogen-bond acceptors (Lipinski definition) is 3. The van der Waals surface area contributed by atoms with Crippen LogP contribution in [0.2, 0.25) is 0 Å². The summed E-state index contributed by atoms with van der Waals surface area (Å²) in [6.07, 6.45) is 3.29. The Morgan fingerprint density at radius 1 is 1.40 bits per heavy atom. The van der Waals surface area contributed by atoms with Crippen molar-refractivity contribution in [1.82, 2.24) is 15.2 Å². The Bertz CT molecular complexity index is 375. The molecule has 2 rings (SSSR count). The first-order valence-electron chi connectivity index (χ1n) is 4.70. The fraction of sp³-hybridized carbons (Fsp3) is 0.300. The molecule has 1 aliphatic heterocycles. The van der Waals surface area contributed by atoms with Crippen LogP contribution in [-0.4, -0.2) is 28.4 Å². The lowest BCUT2D eigenvalue weighted by Gasteiger charge is -2.21. The number of aromatic nitrogens is 1. The van der Waals surface area contributed by atoms with Crippen molar-refractivity contribution in [3.63, 3.8) is 0 Å². The number of rotatable bonds is 2. The molecule has 1 unspecified atom stereocenters. The van der Waals surface area contributed by atoms with Crippen LogP contribution in [0, 0.1) is 0 Å². The molecule has 0 radical (unpaired) electrons. The van der Waals surface area contributed by atoms with E-state index in [9.17, 15) is 9.59 Å². The summed E-state index contributed by atoms with van der Waals surface area (Å²) in [5, 5.41) is 2.49. The van der Waals surface area contributed by atoms with Crippen LogP contribution >= 0.6 is 0 Å². The quantitative estimate of drug-likeness (QED) is 0.723. The third-order valence-corrected chi connectivity index (χ3v) is 2.45. The first-order chi connectivity index (χ1) is 7.20. The highest BCUT2D eigenvalue weighted by atomic mass is 16.2. The van der Waals surface area contributed by atoms with Gasteiger partial charge in [-0.3, -0.25) is 14.7 Å². The predicted octanol–water partition coefficient (Wildman–Crippen LogP) is 0.694. The lowest BCUT2D eigenvalue weighted by Crippen LogP contribution is -2.33. The first-order valence-corrected chi connectivity index (χ1v) is 4.70. The summed E-state index contributed by atoms with van der Waals surface area (Å²) in [6.45, 7) is 1.91. The minimum atomic E-state index is -0.329. The number of hydrogen-bond donors (Lipinski definition) is 1. The normalized spacial score (nSPS) is 17.8. The topological polar surface area (TPSA) is 62.3 Å². The molecule has 1 saturated heterocycles. The Kier molecular flexibility index (Phi) is 2.37. The zero-order valence-corrected chi connectivity index (χ0v) is 8.30. The lowest BCUT2D eigenvalue weighted by molar-refractivity contribution is -0.126. The van der Waals surface area contributed by atoms with Crippen molar-refractivity contribution in [2.45, 2.75) is 13.0 Å². The van der Waals surface area contributed by atoms with E-state index in [1.54, 1.807) is 24.5 Å². The zero-order chi connectivity index (χ0) is 10.8. The minimum absolute atomic E-state index is 0.0915. The van der Waals surface area contributed by atoms with Crippen LogP contribution in [0.3, 0.4) is 0 Å². The number of nitrogens with zero attached hydrogens (tertiary/aromatic N) is 2. The summed E-state index contributed by atoms with van der Waals surface area (Å²) in [4.78, 5) is 27.9. The average molecular weight is 205 g/mol. The Balaban J connectivity index is 2.24. The molecule has 1 aliphatic rings. The van der Waals surface area contributed by atoms with E-state index in [-0.39, 0.29) is 24.5 Å². The van der Waals surface area contributed by atoms with Gasteiger partial charge in [-0.05, 0) is 24.6 Å². The highest BCUT2D eigenvalue weighted by Crippen LogP contribution is 2.21. The largest absolute Gasteiger partial charge is 0.329 e. The van der Waals surface area contributed by atoms with Gasteiger partial charge in [0.1, 0.15) is 0 Å². The van der Waals surface area contributed by atoms with Crippen molar-refractivity contribution in [1.29, 1.82) is 0 Å². The zero-order valence-electron chi connectivity index (χ0n) is 8.30. The van der Waals surface area contributed by atoms with Crippen molar-refractivity contribution in [2.75, 3.05) is 6.54 Å². The Morgan fingerprint density at radius 2 is 2.07 bits per heavy atom. The smallest absolute Gasteiger partial charge is 0.325 e. The van der Waals surface area contributed by atoms with E-state index >= 15 is 0 Å². The Hall–Kier alpha value is -1.91. The third kappa shape index (κ3) is 1.68. The maximum atomic E-state index is 11.4. The number of urea groups is 1. The summed E-state index contributed by atoms with van der Waals surface area (Å²) in [5.74, 6) is -0.190. The molecular weight excluding hydrogens is 194 g/mol. The van der Waals surface area contributed by atoms with E-state index in [1.807, 2.05) is 6.92 Å². The molecule has 0 aromatic carbocycles. The summed E-state index contributed by atoms with van der Waals surface area (Å²) in [7, 11) is 0. The van der Waals surface area contributed by atoms with Crippen molar-refractivity contribution in [2.24, 2.45) is 0 Å². The van der Waals surface area contributed by atoms with Gasteiger partial charge < -0.3 is 5.32 Å². The number of carbonyl (C=O) groups is 2. The third-order valence-electron chi connectivity index (χ3n) is 2.45. The van der Waals surface area contributed by atoms with Crippen LogP contribution in [0.4, 0.5) is 4.79 Å². The SMILES string of the molecule is CC(c1ccncc1)N1C(=O)CNC1=O. The van der Waals surface area contributed by atoms with Crippen molar-refractivity contribution in [3.05, 3.63) is 30.1 Å². The van der Waals surface area contributed by atoms with E-state index in [0.717, 1.165) is 5.56 Å². The van der Waals surface area contributed by atoms with Crippen LogP contribution in [0.25, 0.3) is 0 Å². The molecule has 5 heteroatoms. The maximum absolute atomic E-state index is 11.4. The standard InChI is InChI=1S/C10H11N3O2/c1-7(8-2-4-11-5-3-8)13-9(14)6-12-10(13)15/h2-5,7H,6H2,1H3,(H,12,15). The van der Waals surface area contributed by atoms with E-state index in [1.165, 1.54) is 4.90 Å². The molecule has 1 fully saturated rings. The number of carbonyl (C=O) groups excluding carboxylic acids is 2. The monoisotopic (exact) mass is 205 g/mol. The van der Waals surface area contributed by atoms with Gasteiger partial charge in [-0.2, -0.15) is 0 Å². The number of nitrogens with one attached hydrogen (secondary N) is 1. The average Bonchev–Trinajstić information content (AvgIpc) is 2.59. The van der Waals surface area contributed by atoms with Crippen LogP contribution in [0.1, 0.15) is 18.5 Å². The Labute approximate surface area is 87.1 Å². The molecule has 1 N–H and O–H groups in total. The molecule has 0 saturated carbocycles. The molecule has 78 valence electrons. The fourth-order valence-corrected chi connectivity index (χ4v) is 1.62. The summed E-state index contributed by atoms with van der Waals surface area (Å²) >= 11 is 0. The van der Waals surface area contributed by atoms with Gasteiger partial charge in [-0.1, -0.05) is 0 Å². The second-order valence-electron chi connectivity index (χ2n) is 3.38. The summed E-state index contributed by atoms with van der Waals surface area (Å²) in [5.41, 5.74) is 0.899. The Morgan fingerprint density at radius 3 is 2.60 bits per heavy atom. The van der Waals surface area contributed by atoms with Crippen LogP contribution in [0.5, 0.6) is 0 Å². The molecule has 1 aromatic heterocycles. The lowest BCUT2D eigenvalue weighted by atomic mass is 10.1. The van der Waals surface area contributed by atoms with E-state index in [2.05, 4.69) is 10.3 Å². The molecule has 1 atom stereocenters. The van der Waals surface area contributed by atoms with Gasteiger partial charge >= 0.3 is 6.03 Å². The molecule has 2 heterocycles. The second-order valence-corrected chi connectivity index (χ2v) is 3.38. The van der Waals surface area contributed by atoms with E-state index < -0.39 is 0 Å². The van der Waals surface area contributed by atoms with E-state index in [4.69, 9.17) is 0 Å².